The van der Waals surface area contributed by atoms with E-state index in [2.05, 4.69) is 10.3 Å². The number of carbonyl (C=O) groups is 1. The maximum atomic E-state index is 13.0. The van der Waals surface area contributed by atoms with E-state index in [4.69, 9.17) is 10.5 Å². The Labute approximate surface area is 105 Å². The third-order valence-corrected chi connectivity index (χ3v) is 2.94. The van der Waals surface area contributed by atoms with Crippen molar-refractivity contribution in [3.8, 4) is 0 Å². The van der Waals surface area contributed by atoms with Gasteiger partial charge < -0.3 is 15.8 Å². The zero-order valence-corrected chi connectivity index (χ0v) is 9.99. The summed E-state index contributed by atoms with van der Waals surface area (Å²) in [6.07, 6.45) is 3.02. The lowest BCUT2D eigenvalue weighted by molar-refractivity contribution is 0.0536. The highest BCUT2D eigenvalue weighted by Crippen LogP contribution is 2.13. The average Bonchev–Trinajstić information content (AvgIpc) is 2.40. The number of ether oxygens (including phenoxy) is 1. The number of nitrogens with one attached hydrogen (secondary N) is 1. The van der Waals surface area contributed by atoms with Gasteiger partial charge in [0.1, 0.15) is 11.6 Å². The number of nitrogens with zero attached hydrogens (tertiary/aromatic N) is 1. The number of aromatic nitrogens is 1. The van der Waals surface area contributed by atoms with Crippen molar-refractivity contribution in [3.05, 3.63) is 23.6 Å². The fourth-order valence-electron chi connectivity index (χ4n) is 1.93. The minimum atomic E-state index is -0.574. The van der Waals surface area contributed by atoms with Gasteiger partial charge in [0.25, 0.3) is 5.91 Å². The topological polar surface area (TPSA) is 77.2 Å². The number of hydrogen-bond acceptors (Lipinski definition) is 4. The number of nitrogens with two attached hydrogens (primary N) is 1. The van der Waals surface area contributed by atoms with Crippen LogP contribution < -0.4 is 11.1 Å². The van der Waals surface area contributed by atoms with Crippen molar-refractivity contribution in [2.45, 2.75) is 12.8 Å². The van der Waals surface area contributed by atoms with Crippen molar-refractivity contribution in [3.63, 3.8) is 0 Å². The molecule has 1 aromatic rings. The second-order valence-corrected chi connectivity index (χ2v) is 4.38. The molecule has 1 aliphatic heterocycles. The van der Waals surface area contributed by atoms with Crippen molar-refractivity contribution >= 4 is 11.7 Å². The zero-order valence-electron chi connectivity index (χ0n) is 9.99. The third-order valence-electron chi connectivity index (χ3n) is 2.94. The van der Waals surface area contributed by atoms with Crippen molar-refractivity contribution in [1.29, 1.82) is 0 Å². The molecule has 98 valence electrons. The Morgan fingerprint density at radius 3 is 3.22 bits per heavy atom. The van der Waals surface area contributed by atoms with Crippen LogP contribution in [0, 0.1) is 11.7 Å². The summed E-state index contributed by atoms with van der Waals surface area (Å²) in [4.78, 5) is 15.4. The molecule has 1 amide bonds. The molecule has 6 heteroatoms. The predicted octanol–water partition coefficient (Wildman–Crippen LogP) is 0.959. The molecule has 3 N–H and O–H groups in total. The average molecular weight is 253 g/mol. The highest BCUT2D eigenvalue weighted by atomic mass is 19.1. The van der Waals surface area contributed by atoms with Crippen molar-refractivity contribution in [2.24, 2.45) is 5.92 Å². The molecule has 1 atom stereocenters. The lowest BCUT2D eigenvalue weighted by atomic mass is 10.0. The number of halogens is 1. The van der Waals surface area contributed by atoms with Crippen LogP contribution in [0.4, 0.5) is 10.2 Å². The van der Waals surface area contributed by atoms with Gasteiger partial charge in [-0.1, -0.05) is 0 Å². The Hall–Kier alpha value is -1.69. The van der Waals surface area contributed by atoms with Crippen LogP contribution in [0.5, 0.6) is 0 Å². The molecule has 0 radical (unpaired) electrons. The third kappa shape index (κ3) is 3.16. The molecule has 0 aliphatic carbocycles. The SMILES string of the molecule is Nc1ncc(F)cc1C(=O)NCC1CCCOC1. The van der Waals surface area contributed by atoms with Crippen LogP contribution in [0.2, 0.25) is 0 Å². The van der Waals surface area contributed by atoms with Gasteiger partial charge in [-0.2, -0.15) is 0 Å². The smallest absolute Gasteiger partial charge is 0.255 e. The lowest BCUT2D eigenvalue weighted by Gasteiger charge is -2.22. The summed E-state index contributed by atoms with van der Waals surface area (Å²) in [7, 11) is 0. The first-order chi connectivity index (χ1) is 8.66. The van der Waals surface area contributed by atoms with Crippen LogP contribution in [0.3, 0.4) is 0 Å². The molecule has 18 heavy (non-hydrogen) atoms. The standard InChI is InChI=1S/C12H16FN3O2/c13-9-4-10(11(14)15-6-9)12(17)16-5-8-2-1-3-18-7-8/h4,6,8H,1-3,5,7H2,(H2,14,15)(H,16,17). The maximum absolute atomic E-state index is 13.0. The van der Waals surface area contributed by atoms with Gasteiger partial charge in [-0.15, -0.1) is 0 Å². The van der Waals surface area contributed by atoms with Crippen LogP contribution in [0.15, 0.2) is 12.3 Å². The molecular formula is C12H16FN3O2. The highest BCUT2D eigenvalue weighted by Gasteiger charge is 2.17. The second-order valence-electron chi connectivity index (χ2n) is 4.38. The zero-order chi connectivity index (χ0) is 13.0. The maximum Gasteiger partial charge on any atom is 0.255 e. The quantitative estimate of drug-likeness (QED) is 0.841. The van der Waals surface area contributed by atoms with E-state index in [0.29, 0.717) is 19.1 Å². The molecule has 2 rings (SSSR count). The highest BCUT2D eigenvalue weighted by molar-refractivity contribution is 5.98. The molecule has 1 aliphatic rings. The van der Waals surface area contributed by atoms with Crippen LogP contribution in [-0.2, 0) is 4.74 Å². The van der Waals surface area contributed by atoms with Gasteiger partial charge in [-0.25, -0.2) is 9.37 Å². The van der Waals surface area contributed by atoms with Gasteiger partial charge in [0.2, 0.25) is 0 Å². The fraction of sp³-hybridized carbons (Fsp3) is 0.500. The summed E-state index contributed by atoms with van der Waals surface area (Å²) >= 11 is 0. The van der Waals surface area contributed by atoms with E-state index in [1.54, 1.807) is 0 Å². The van der Waals surface area contributed by atoms with Gasteiger partial charge in [-0.05, 0) is 24.8 Å². The monoisotopic (exact) mass is 253 g/mol. The molecule has 1 saturated heterocycles. The first-order valence-electron chi connectivity index (χ1n) is 5.94. The van der Waals surface area contributed by atoms with E-state index < -0.39 is 11.7 Å². The minimum absolute atomic E-state index is 0.0359. The number of nitrogen functional groups attached to an aromatic ring is 1. The summed E-state index contributed by atoms with van der Waals surface area (Å²) in [5.74, 6) is -0.625. The first kappa shape index (κ1) is 12.8. The van der Waals surface area contributed by atoms with E-state index >= 15 is 0 Å². The van der Waals surface area contributed by atoms with E-state index in [0.717, 1.165) is 31.7 Å². The van der Waals surface area contributed by atoms with E-state index in [1.165, 1.54) is 0 Å². The second kappa shape index (κ2) is 5.77. The molecule has 0 saturated carbocycles. The number of carbonyl (C=O) groups excluding carboxylic acids is 1. The number of anilines is 1. The molecule has 1 fully saturated rings. The largest absolute Gasteiger partial charge is 0.383 e. The van der Waals surface area contributed by atoms with Gasteiger partial charge in [0, 0.05) is 13.2 Å². The van der Waals surface area contributed by atoms with Crippen LogP contribution in [-0.4, -0.2) is 30.6 Å². The Morgan fingerprint density at radius 1 is 1.67 bits per heavy atom. The number of amides is 1. The Morgan fingerprint density at radius 2 is 2.50 bits per heavy atom. The first-order valence-corrected chi connectivity index (χ1v) is 5.94. The van der Waals surface area contributed by atoms with Crippen LogP contribution in [0.25, 0.3) is 0 Å². The molecule has 2 heterocycles. The number of hydrogen-bond donors (Lipinski definition) is 2. The molecule has 5 nitrogen and oxygen atoms in total. The minimum Gasteiger partial charge on any atom is -0.383 e. The molecular weight excluding hydrogens is 237 g/mol. The van der Waals surface area contributed by atoms with Gasteiger partial charge >= 0.3 is 0 Å². The van der Waals surface area contributed by atoms with E-state index in [-0.39, 0.29) is 11.4 Å². The van der Waals surface area contributed by atoms with Crippen molar-refractivity contribution < 1.29 is 13.9 Å². The summed E-state index contributed by atoms with van der Waals surface area (Å²) in [5, 5.41) is 2.73. The van der Waals surface area contributed by atoms with E-state index in [9.17, 15) is 9.18 Å². The molecule has 0 spiro atoms. The normalized spacial score (nSPS) is 19.5. The molecule has 0 aromatic carbocycles. The predicted molar refractivity (Wildman–Crippen MR) is 64.5 cm³/mol. The molecule has 0 bridgehead atoms. The van der Waals surface area contributed by atoms with Gasteiger partial charge in [0.15, 0.2) is 0 Å². The number of rotatable bonds is 3. The van der Waals surface area contributed by atoms with Crippen LogP contribution in [0.1, 0.15) is 23.2 Å². The summed E-state index contributed by atoms with van der Waals surface area (Å²) in [6, 6.07) is 1.09. The van der Waals surface area contributed by atoms with Crippen molar-refractivity contribution in [1.82, 2.24) is 10.3 Å². The number of pyridine rings is 1. The molecule has 1 aromatic heterocycles. The summed E-state index contributed by atoms with van der Waals surface area (Å²) < 4.78 is 18.3. The molecule has 1 unspecified atom stereocenters. The van der Waals surface area contributed by atoms with Gasteiger partial charge in [0.05, 0.1) is 18.4 Å². The van der Waals surface area contributed by atoms with Crippen molar-refractivity contribution in [2.75, 3.05) is 25.5 Å². The Bertz CT molecular complexity index is 433. The summed E-state index contributed by atoms with van der Waals surface area (Å²) in [5.41, 5.74) is 5.61. The summed E-state index contributed by atoms with van der Waals surface area (Å²) in [6.45, 7) is 1.94. The van der Waals surface area contributed by atoms with Gasteiger partial charge in [-0.3, -0.25) is 4.79 Å². The van der Waals surface area contributed by atoms with E-state index in [1.807, 2.05) is 0 Å². The fourth-order valence-corrected chi connectivity index (χ4v) is 1.93. The van der Waals surface area contributed by atoms with Crippen LogP contribution >= 0.6 is 0 Å². The lowest BCUT2D eigenvalue weighted by Crippen LogP contribution is -2.33. The Kier molecular flexibility index (Phi) is 4.09. The Balaban J connectivity index is 1.92.